The number of nitriles is 1. The van der Waals surface area contributed by atoms with Crippen molar-refractivity contribution in [3.8, 4) is 11.8 Å². The fraction of sp³-hybridized carbons (Fsp3) is 0.0800. The van der Waals surface area contributed by atoms with Crippen molar-refractivity contribution in [2.75, 3.05) is 12.4 Å². The van der Waals surface area contributed by atoms with Crippen LogP contribution in [0.3, 0.4) is 0 Å². The van der Waals surface area contributed by atoms with Crippen LogP contribution < -0.4 is 10.1 Å². The second kappa shape index (κ2) is 10.9. The van der Waals surface area contributed by atoms with E-state index in [4.69, 9.17) is 4.74 Å². The number of rotatable bonds is 7. The normalized spacial score (nSPS) is 10.7. The molecule has 0 atom stereocenters. The van der Waals surface area contributed by atoms with Gasteiger partial charge in [0.25, 0.3) is 5.91 Å². The first-order valence-electron chi connectivity index (χ1n) is 9.58. The summed E-state index contributed by atoms with van der Waals surface area (Å²) in [6.07, 6.45) is 1.50. The number of hydrogen-bond donors (Lipinski definition) is 1. The highest BCUT2D eigenvalue weighted by atomic mass is 79.9. The number of hydrogen-bond acceptors (Lipinski definition) is 5. The topological polar surface area (TPSA) is 88.4 Å². The molecule has 0 bridgehead atoms. The first kappa shape index (κ1) is 22.8. The third-order valence-electron chi connectivity index (χ3n) is 4.47. The molecule has 0 aromatic heterocycles. The smallest absolute Gasteiger partial charge is 0.337 e. The Bertz CT molecular complexity index is 1180. The zero-order valence-electron chi connectivity index (χ0n) is 17.2. The van der Waals surface area contributed by atoms with Gasteiger partial charge in [-0.3, -0.25) is 4.79 Å². The van der Waals surface area contributed by atoms with E-state index in [9.17, 15) is 14.9 Å². The number of halogens is 1. The molecule has 0 radical (unpaired) electrons. The summed E-state index contributed by atoms with van der Waals surface area (Å²) in [7, 11) is 1.29. The van der Waals surface area contributed by atoms with Gasteiger partial charge in [-0.05, 0) is 54.1 Å². The largest absolute Gasteiger partial charge is 0.489 e. The summed E-state index contributed by atoms with van der Waals surface area (Å²) in [5.41, 5.74) is 2.48. The molecule has 0 aliphatic rings. The summed E-state index contributed by atoms with van der Waals surface area (Å²) in [4.78, 5) is 23.9. The summed E-state index contributed by atoms with van der Waals surface area (Å²) < 4.78 is 11.4. The molecule has 3 rings (SSSR count). The van der Waals surface area contributed by atoms with Crippen molar-refractivity contribution in [3.05, 3.63) is 99.5 Å². The van der Waals surface area contributed by atoms with E-state index in [-0.39, 0.29) is 5.57 Å². The number of nitrogens with zero attached hydrogens (tertiary/aromatic N) is 1. The molecule has 7 heteroatoms. The standard InChI is InChI=1S/C25H19BrN2O4/c1-31-25(30)18-8-10-21(11-9-18)28-24(29)20(15-27)14-17-6-12-22(13-7-17)32-16-19-4-2-3-5-23(19)26/h2-14H,16H2,1H3,(H,28,29)/b20-14+. The molecular formula is C25H19BrN2O4. The summed E-state index contributed by atoms with van der Waals surface area (Å²) in [6.45, 7) is 0.414. The Morgan fingerprint density at radius 2 is 1.72 bits per heavy atom. The van der Waals surface area contributed by atoms with Crippen LogP contribution in [0.4, 0.5) is 5.69 Å². The Hall–Kier alpha value is -3.89. The molecule has 0 saturated carbocycles. The van der Waals surface area contributed by atoms with E-state index in [1.54, 1.807) is 36.4 Å². The average Bonchev–Trinajstić information content (AvgIpc) is 2.82. The van der Waals surface area contributed by atoms with Crippen LogP contribution in [0.5, 0.6) is 5.75 Å². The third-order valence-corrected chi connectivity index (χ3v) is 5.25. The molecule has 6 nitrogen and oxygen atoms in total. The Morgan fingerprint density at radius 1 is 1.03 bits per heavy atom. The van der Waals surface area contributed by atoms with Crippen LogP contribution in [0, 0.1) is 11.3 Å². The van der Waals surface area contributed by atoms with Gasteiger partial charge in [-0.2, -0.15) is 5.26 Å². The van der Waals surface area contributed by atoms with Crippen LogP contribution in [0.2, 0.25) is 0 Å². The van der Waals surface area contributed by atoms with Crippen molar-refractivity contribution in [2.24, 2.45) is 0 Å². The van der Waals surface area contributed by atoms with Crippen molar-refractivity contribution < 1.29 is 19.1 Å². The van der Waals surface area contributed by atoms with Crippen molar-refractivity contribution >= 4 is 39.6 Å². The maximum absolute atomic E-state index is 12.5. The van der Waals surface area contributed by atoms with Gasteiger partial charge >= 0.3 is 5.97 Å². The molecule has 0 saturated heterocycles. The lowest BCUT2D eigenvalue weighted by Gasteiger charge is -2.08. The second-order valence-corrected chi connectivity index (χ2v) is 7.50. The van der Waals surface area contributed by atoms with Gasteiger partial charge in [-0.15, -0.1) is 0 Å². The Morgan fingerprint density at radius 3 is 2.34 bits per heavy atom. The molecule has 0 unspecified atom stereocenters. The van der Waals surface area contributed by atoms with E-state index in [1.807, 2.05) is 30.3 Å². The van der Waals surface area contributed by atoms with Gasteiger partial charge in [0.1, 0.15) is 24.0 Å². The number of carbonyl (C=O) groups excluding carboxylic acids is 2. The molecule has 0 spiro atoms. The fourth-order valence-corrected chi connectivity index (χ4v) is 3.16. The van der Waals surface area contributed by atoms with Crippen molar-refractivity contribution in [1.82, 2.24) is 0 Å². The monoisotopic (exact) mass is 490 g/mol. The Labute approximate surface area is 194 Å². The molecule has 1 N–H and O–H groups in total. The Balaban J connectivity index is 1.63. The zero-order chi connectivity index (χ0) is 22.9. The molecule has 3 aromatic rings. The summed E-state index contributed by atoms with van der Waals surface area (Å²) in [5.74, 6) is -0.344. The fourth-order valence-electron chi connectivity index (χ4n) is 2.76. The van der Waals surface area contributed by atoms with Crippen LogP contribution >= 0.6 is 15.9 Å². The minimum absolute atomic E-state index is 0.0519. The summed E-state index contributed by atoms with van der Waals surface area (Å²) in [6, 6.07) is 23.0. The minimum atomic E-state index is -0.549. The van der Waals surface area contributed by atoms with Gasteiger partial charge in [-0.25, -0.2) is 4.79 Å². The summed E-state index contributed by atoms with van der Waals surface area (Å²) in [5, 5.41) is 12.0. The first-order valence-corrected chi connectivity index (χ1v) is 10.4. The van der Waals surface area contributed by atoms with Crippen LogP contribution in [-0.4, -0.2) is 19.0 Å². The molecule has 160 valence electrons. The van der Waals surface area contributed by atoms with Gasteiger partial charge < -0.3 is 14.8 Å². The number of esters is 1. The molecule has 0 heterocycles. The maximum Gasteiger partial charge on any atom is 0.337 e. The predicted octanol–water partition coefficient (Wildman–Crippen LogP) is 5.36. The van der Waals surface area contributed by atoms with Crippen molar-refractivity contribution in [2.45, 2.75) is 6.61 Å². The molecular weight excluding hydrogens is 472 g/mol. The molecule has 32 heavy (non-hydrogen) atoms. The van der Waals surface area contributed by atoms with Crippen LogP contribution in [-0.2, 0) is 16.1 Å². The number of methoxy groups -OCH3 is 1. The van der Waals surface area contributed by atoms with E-state index in [2.05, 4.69) is 26.0 Å². The van der Waals surface area contributed by atoms with Crippen LogP contribution in [0.25, 0.3) is 6.08 Å². The lowest BCUT2D eigenvalue weighted by atomic mass is 10.1. The maximum atomic E-state index is 12.5. The molecule has 0 fully saturated rings. The minimum Gasteiger partial charge on any atom is -0.489 e. The van der Waals surface area contributed by atoms with Crippen molar-refractivity contribution in [3.63, 3.8) is 0 Å². The second-order valence-electron chi connectivity index (χ2n) is 6.64. The lowest BCUT2D eigenvalue weighted by molar-refractivity contribution is -0.112. The van der Waals surface area contributed by atoms with Crippen molar-refractivity contribution in [1.29, 1.82) is 5.26 Å². The summed E-state index contributed by atoms with van der Waals surface area (Å²) >= 11 is 3.49. The molecule has 0 aliphatic carbocycles. The number of benzene rings is 3. The molecule has 3 aromatic carbocycles. The lowest BCUT2D eigenvalue weighted by Crippen LogP contribution is -2.13. The molecule has 0 aliphatic heterocycles. The quantitative estimate of drug-likeness (QED) is 0.273. The molecule has 1 amide bonds. The van der Waals surface area contributed by atoms with Gasteiger partial charge in [0, 0.05) is 15.7 Å². The highest BCUT2D eigenvalue weighted by molar-refractivity contribution is 9.10. The van der Waals surface area contributed by atoms with E-state index >= 15 is 0 Å². The third kappa shape index (κ3) is 6.06. The van der Waals surface area contributed by atoms with E-state index in [1.165, 1.54) is 25.3 Å². The number of amides is 1. The highest BCUT2D eigenvalue weighted by Crippen LogP contribution is 2.20. The number of anilines is 1. The van der Waals surface area contributed by atoms with Crippen LogP contribution in [0.1, 0.15) is 21.5 Å². The predicted molar refractivity (Wildman–Crippen MR) is 125 cm³/mol. The number of ether oxygens (including phenoxy) is 2. The van der Waals surface area contributed by atoms with Gasteiger partial charge in [-0.1, -0.05) is 46.3 Å². The SMILES string of the molecule is COC(=O)c1ccc(NC(=O)/C(C#N)=C/c2ccc(OCc3ccccc3Br)cc2)cc1. The first-order chi connectivity index (χ1) is 15.5. The number of carbonyl (C=O) groups is 2. The van der Waals surface area contributed by atoms with Crippen LogP contribution in [0.15, 0.2) is 82.8 Å². The average molecular weight is 491 g/mol. The van der Waals surface area contributed by atoms with Gasteiger partial charge in [0.2, 0.25) is 0 Å². The van der Waals surface area contributed by atoms with E-state index < -0.39 is 11.9 Å². The Kier molecular flexibility index (Phi) is 7.79. The highest BCUT2D eigenvalue weighted by Gasteiger charge is 2.11. The van der Waals surface area contributed by atoms with Gasteiger partial charge in [0.05, 0.1) is 12.7 Å². The number of nitrogens with one attached hydrogen (secondary N) is 1. The zero-order valence-corrected chi connectivity index (χ0v) is 18.8. The van der Waals surface area contributed by atoms with E-state index in [0.717, 1.165) is 10.0 Å². The van der Waals surface area contributed by atoms with Gasteiger partial charge in [0.15, 0.2) is 0 Å². The van der Waals surface area contributed by atoms with E-state index in [0.29, 0.717) is 29.2 Å².